The maximum atomic E-state index is 5.15. The van der Waals surface area contributed by atoms with Crippen LogP contribution in [0.25, 0.3) is 0 Å². The van der Waals surface area contributed by atoms with Gasteiger partial charge in [0.1, 0.15) is 5.75 Å². The molecule has 0 atom stereocenters. The van der Waals surface area contributed by atoms with Crippen molar-refractivity contribution in [2.24, 2.45) is 0 Å². The Morgan fingerprint density at radius 3 is 2.90 bits per heavy atom. The van der Waals surface area contributed by atoms with Crippen molar-refractivity contribution in [1.29, 1.82) is 0 Å². The summed E-state index contributed by atoms with van der Waals surface area (Å²) in [6.07, 6.45) is 0. The summed E-state index contributed by atoms with van der Waals surface area (Å²) in [5.74, 6) is 0.898. The van der Waals surface area contributed by atoms with Crippen LogP contribution in [0.5, 0.6) is 5.75 Å². The predicted octanol–water partition coefficient (Wildman–Crippen LogP) is 2.93. The first-order valence-corrected chi connectivity index (χ1v) is 4.23. The Labute approximate surface area is 74.5 Å². The second-order valence-electron chi connectivity index (χ2n) is 2.02. The zero-order valence-corrected chi connectivity index (χ0v) is 7.83. The summed E-state index contributed by atoms with van der Waals surface area (Å²) in [5, 5.41) is 0. The number of halogens is 1. The molecule has 0 N–H and O–H groups in total. The molecule has 0 spiro atoms. The fraction of sp³-hybridized carbons (Fsp3) is 0.125. The number of ether oxygens (including phenoxy) is 1. The minimum Gasteiger partial charge on any atom is -0.475 e. The lowest BCUT2D eigenvalue weighted by Crippen LogP contribution is -1.82. The van der Waals surface area contributed by atoms with E-state index in [9.17, 15) is 0 Å². The van der Waals surface area contributed by atoms with Crippen molar-refractivity contribution in [1.82, 2.24) is 0 Å². The second kappa shape index (κ2) is 3.81. The van der Waals surface area contributed by atoms with Crippen LogP contribution in [-0.2, 0) is 0 Å². The van der Waals surface area contributed by atoms with Crippen molar-refractivity contribution in [3.8, 4) is 5.75 Å². The Balaban J connectivity index is 2.75. The Morgan fingerprint density at radius 2 is 2.30 bits per heavy atom. The Morgan fingerprint density at radius 1 is 1.50 bits per heavy atom. The van der Waals surface area contributed by atoms with Crippen LogP contribution in [0, 0.1) is 11.5 Å². The third-order valence-corrected chi connectivity index (χ3v) is 1.42. The van der Waals surface area contributed by atoms with Crippen LogP contribution in [0.1, 0.15) is 5.56 Å². The standard InChI is InChI=1S/C8H8IO/c1-7-3-2-4-8(5-7)10-6-9/h2-6H,1H3. The maximum Gasteiger partial charge on any atom is 0.194 e. The third kappa shape index (κ3) is 2.17. The molecule has 0 unspecified atom stereocenters. The quantitative estimate of drug-likeness (QED) is 0.730. The molecule has 53 valence electrons. The zero-order valence-electron chi connectivity index (χ0n) is 5.67. The molecule has 1 radical (unpaired) electrons. The molecular formula is C8H8IO. The highest BCUT2D eigenvalue weighted by Crippen LogP contribution is 2.13. The van der Waals surface area contributed by atoms with Crippen LogP contribution in [-0.4, -0.2) is 0 Å². The summed E-state index contributed by atoms with van der Waals surface area (Å²) in [6.45, 7) is 2.04. The van der Waals surface area contributed by atoms with Gasteiger partial charge in [0, 0.05) is 0 Å². The highest BCUT2D eigenvalue weighted by atomic mass is 127. The maximum absolute atomic E-state index is 5.15. The minimum absolute atomic E-state index is 0.898. The Hall–Kier alpha value is -0.250. The molecule has 0 saturated carbocycles. The van der Waals surface area contributed by atoms with Crippen molar-refractivity contribution < 1.29 is 4.74 Å². The fourth-order valence-corrected chi connectivity index (χ4v) is 1.03. The van der Waals surface area contributed by atoms with Gasteiger partial charge in [-0.25, -0.2) is 0 Å². The summed E-state index contributed by atoms with van der Waals surface area (Å²) in [7, 11) is 0. The van der Waals surface area contributed by atoms with Crippen LogP contribution in [0.15, 0.2) is 24.3 Å². The minimum atomic E-state index is 0.898. The van der Waals surface area contributed by atoms with Gasteiger partial charge < -0.3 is 4.74 Å². The number of aryl methyl sites for hydroxylation is 1. The van der Waals surface area contributed by atoms with E-state index in [4.69, 9.17) is 4.74 Å². The Kier molecular flexibility index (Phi) is 2.99. The molecule has 1 nitrogen and oxygen atoms in total. The van der Waals surface area contributed by atoms with E-state index < -0.39 is 0 Å². The van der Waals surface area contributed by atoms with Gasteiger partial charge in [0.25, 0.3) is 0 Å². The molecule has 0 fully saturated rings. The summed E-state index contributed by atoms with van der Waals surface area (Å²) in [4.78, 5) is 0. The van der Waals surface area contributed by atoms with Crippen molar-refractivity contribution in [3.05, 3.63) is 34.4 Å². The molecule has 0 bridgehead atoms. The topological polar surface area (TPSA) is 9.23 Å². The number of rotatable bonds is 2. The first-order valence-electron chi connectivity index (χ1n) is 2.98. The number of benzene rings is 1. The van der Waals surface area contributed by atoms with Crippen LogP contribution >= 0.6 is 22.6 Å². The van der Waals surface area contributed by atoms with Gasteiger partial charge >= 0.3 is 0 Å². The summed E-state index contributed by atoms with van der Waals surface area (Å²) in [6, 6.07) is 7.95. The van der Waals surface area contributed by atoms with Gasteiger partial charge in [-0.05, 0) is 47.2 Å². The van der Waals surface area contributed by atoms with Crippen LogP contribution in [0.3, 0.4) is 0 Å². The molecule has 10 heavy (non-hydrogen) atoms. The van der Waals surface area contributed by atoms with E-state index >= 15 is 0 Å². The molecule has 2 heteroatoms. The largest absolute Gasteiger partial charge is 0.475 e. The number of hydrogen-bond acceptors (Lipinski definition) is 1. The molecule has 1 aromatic rings. The molecule has 0 aliphatic heterocycles. The van der Waals surface area contributed by atoms with E-state index in [0.29, 0.717) is 0 Å². The monoisotopic (exact) mass is 247 g/mol. The second-order valence-corrected chi connectivity index (χ2v) is 2.53. The molecule has 1 aromatic carbocycles. The molecule has 0 aromatic heterocycles. The summed E-state index contributed by atoms with van der Waals surface area (Å²) < 4.78 is 6.79. The third-order valence-electron chi connectivity index (χ3n) is 1.17. The lowest BCUT2D eigenvalue weighted by atomic mass is 10.2. The van der Waals surface area contributed by atoms with Gasteiger partial charge in [-0.15, -0.1) is 0 Å². The van der Waals surface area contributed by atoms with Crippen molar-refractivity contribution in [2.75, 3.05) is 0 Å². The lowest BCUT2D eigenvalue weighted by molar-refractivity contribution is 0.465. The molecule has 0 aliphatic rings. The van der Waals surface area contributed by atoms with Gasteiger partial charge in [0.15, 0.2) is 4.61 Å². The zero-order chi connectivity index (χ0) is 7.40. The SMILES string of the molecule is Cc1cccc(O[CH]I)c1. The molecule has 0 saturated heterocycles. The van der Waals surface area contributed by atoms with Crippen molar-refractivity contribution in [3.63, 3.8) is 0 Å². The Bertz CT molecular complexity index is 210. The van der Waals surface area contributed by atoms with Gasteiger partial charge in [0.05, 0.1) is 0 Å². The first-order chi connectivity index (χ1) is 4.83. The van der Waals surface area contributed by atoms with Gasteiger partial charge in [-0.1, -0.05) is 12.1 Å². The van der Waals surface area contributed by atoms with Crippen LogP contribution in [0.4, 0.5) is 0 Å². The van der Waals surface area contributed by atoms with E-state index in [1.54, 1.807) is 4.61 Å². The van der Waals surface area contributed by atoms with Gasteiger partial charge in [0.2, 0.25) is 0 Å². The van der Waals surface area contributed by atoms with E-state index in [-0.39, 0.29) is 0 Å². The molecule has 0 amide bonds. The van der Waals surface area contributed by atoms with Crippen LogP contribution < -0.4 is 4.74 Å². The van der Waals surface area contributed by atoms with Crippen molar-refractivity contribution >= 4 is 22.6 Å². The summed E-state index contributed by atoms with van der Waals surface area (Å²) >= 11 is 2.06. The highest BCUT2D eigenvalue weighted by molar-refractivity contribution is 14.1. The molecular weight excluding hydrogens is 239 g/mol. The van der Waals surface area contributed by atoms with E-state index in [0.717, 1.165) is 5.75 Å². The van der Waals surface area contributed by atoms with Crippen LogP contribution in [0.2, 0.25) is 0 Å². The number of hydrogen-bond donors (Lipinski definition) is 0. The average molecular weight is 247 g/mol. The first kappa shape index (κ1) is 7.85. The molecule has 0 heterocycles. The summed E-state index contributed by atoms with van der Waals surface area (Å²) in [5.41, 5.74) is 1.22. The molecule has 0 aliphatic carbocycles. The van der Waals surface area contributed by atoms with Gasteiger partial charge in [-0.3, -0.25) is 0 Å². The van der Waals surface area contributed by atoms with Gasteiger partial charge in [-0.2, -0.15) is 0 Å². The lowest BCUT2D eigenvalue weighted by Gasteiger charge is -2.00. The predicted molar refractivity (Wildman–Crippen MR) is 50.1 cm³/mol. The normalized spacial score (nSPS) is 9.40. The fourth-order valence-electron chi connectivity index (χ4n) is 0.740. The highest BCUT2D eigenvalue weighted by Gasteiger charge is 1.90. The van der Waals surface area contributed by atoms with E-state index in [1.807, 2.05) is 31.2 Å². The average Bonchev–Trinajstić information content (AvgIpc) is 1.88. The van der Waals surface area contributed by atoms with Crippen molar-refractivity contribution in [2.45, 2.75) is 6.92 Å². The molecule has 1 rings (SSSR count). The van der Waals surface area contributed by atoms with E-state index in [1.165, 1.54) is 5.56 Å². The van der Waals surface area contributed by atoms with E-state index in [2.05, 4.69) is 22.6 Å². The smallest absolute Gasteiger partial charge is 0.194 e.